The van der Waals surface area contributed by atoms with Gasteiger partial charge < -0.3 is 10.1 Å². The molecule has 0 aromatic heterocycles. The summed E-state index contributed by atoms with van der Waals surface area (Å²) in [4.78, 5) is 11.4. The van der Waals surface area contributed by atoms with Gasteiger partial charge in [0.2, 0.25) is 0 Å². The van der Waals surface area contributed by atoms with Crippen LogP contribution in [0.5, 0.6) is 0 Å². The van der Waals surface area contributed by atoms with Crippen LogP contribution in [0.1, 0.15) is 31.2 Å². The van der Waals surface area contributed by atoms with Gasteiger partial charge in [0.15, 0.2) is 0 Å². The van der Waals surface area contributed by atoms with Crippen molar-refractivity contribution in [3.05, 3.63) is 34.3 Å². The predicted molar refractivity (Wildman–Crippen MR) is 79.2 cm³/mol. The van der Waals surface area contributed by atoms with Crippen LogP contribution in [0.3, 0.4) is 0 Å². The van der Waals surface area contributed by atoms with E-state index in [1.165, 1.54) is 12.7 Å². The third kappa shape index (κ3) is 3.57. The number of carbonyl (C=O) groups is 1. The van der Waals surface area contributed by atoms with Gasteiger partial charge in [0.25, 0.3) is 0 Å². The van der Waals surface area contributed by atoms with Crippen LogP contribution in [0.2, 0.25) is 0 Å². The van der Waals surface area contributed by atoms with Crippen molar-refractivity contribution in [2.75, 3.05) is 20.2 Å². The fourth-order valence-corrected chi connectivity index (χ4v) is 3.10. The number of rotatable bonds is 4. The summed E-state index contributed by atoms with van der Waals surface area (Å²) < 4.78 is 5.87. The minimum Gasteiger partial charge on any atom is -0.469 e. The van der Waals surface area contributed by atoms with Gasteiger partial charge in [0, 0.05) is 10.9 Å². The van der Waals surface area contributed by atoms with Crippen molar-refractivity contribution in [1.29, 1.82) is 0 Å². The second kappa shape index (κ2) is 6.53. The first-order valence-electron chi connectivity index (χ1n) is 6.70. The van der Waals surface area contributed by atoms with E-state index in [-0.39, 0.29) is 11.4 Å². The van der Waals surface area contributed by atoms with E-state index in [1.807, 2.05) is 0 Å². The van der Waals surface area contributed by atoms with E-state index in [9.17, 15) is 4.79 Å². The van der Waals surface area contributed by atoms with Crippen molar-refractivity contribution in [3.63, 3.8) is 0 Å². The Morgan fingerprint density at radius 1 is 1.32 bits per heavy atom. The molecular formula is C15H20BrNO2. The summed E-state index contributed by atoms with van der Waals surface area (Å²) in [6.07, 6.45) is 3.51. The van der Waals surface area contributed by atoms with Gasteiger partial charge in [0.05, 0.1) is 7.11 Å². The second-order valence-corrected chi connectivity index (χ2v) is 6.03. The lowest BCUT2D eigenvalue weighted by atomic mass is 9.70. The lowest BCUT2D eigenvalue weighted by Gasteiger charge is -2.38. The van der Waals surface area contributed by atoms with Crippen LogP contribution in [0.4, 0.5) is 0 Å². The van der Waals surface area contributed by atoms with Crippen molar-refractivity contribution < 1.29 is 9.53 Å². The number of hydrogen-bond donors (Lipinski definition) is 1. The summed E-state index contributed by atoms with van der Waals surface area (Å²) in [6, 6.07) is 8.51. The lowest BCUT2D eigenvalue weighted by Crippen LogP contribution is -2.40. The van der Waals surface area contributed by atoms with Gasteiger partial charge >= 0.3 is 5.97 Å². The molecule has 0 radical (unpaired) electrons. The second-order valence-electron chi connectivity index (χ2n) is 5.11. The van der Waals surface area contributed by atoms with E-state index in [0.717, 1.165) is 36.8 Å². The Bertz CT molecular complexity index is 424. The Hall–Kier alpha value is -0.870. The molecule has 1 aromatic rings. The fraction of sp³-hybridized carbons (Fsp3) is 0.533. The molecule has 1 aliphatic heterocycles. The Morgan fingerprint density at radius 2 is 1.95 bits per heavy atom. The third-order valence-corrected chi connectivity index (χ3v) is 4.58. The normalized spacial score (nSPS) is 18.0. The van der Waals surface area contributed by atoms with E-state index < -0.39 is 0 Å². The zero-order valence-corrected chi connectivity index (χ0v) is 12.8. The van der Waals surface area contributed by atoms with E-state index in [1.54, 1.807) is 0 Å². The van der Waals surface area contributed by atoms with Crippen molar-refractivity contribution in [2.45, 2.75) is 31.1 Å². The van der Waals surface area contributed by atoms with E-state index in [0.29, 0.717) is 6.42 Å². The molecule has 0 bridgehead atoms. The number of methoxy groups -OCH3 is 1. The standard InChI is InChI=1S/C15H20BrNO2/c1-19-14(18)6-7-15(8-10-17-11-9-15)12-2-4-13(16)5-3-12/h2-5,17H,6-11H2,1H3. The average Bonchev–Trinajstić information content (AvgIpc) is 2.46. The van der Waals surface area contributed by atoms with Gasteiger partial charge in [-0.2, -0.15) is 0 Å². The van der Waals surface area contributed by atoms with Crippen LogP contribution in [0.25, 0.3) is 0 Å². The number of hydrogen-bond acceptors (Lipinski definition) is 3. The van der Waals surface area contributed by atoms with Crippen molar-refractivity contribution >= 4 is 21.9 Å². The Labute approximate surface area is 122 Å². The maximum Gasteiger partial charge on any atom is 0.305 e. The minimum atomic E-state index is -0.116. The molecule has 0 spiro atoms. The zero-order chi connectivity index (χ0) is 13.7. The molecule has 0 atom stereocenters. The van der Waals surface area contributed by atoms with E-state index in [4.69, 9.17) is 4.74 Å². The maximum absolute atomic E-state index is 11.4. The molecule has 1 saturated heterocycles. The first-order valence-corrected chi connectivity index (χ1v) is 7.49. The number of nitrogens with one attached hydrogen (secondary N) is 1. The molecule has 3 nitrogen and oxygen atoms in total. The van der Waals surface area contributed by atoms with Gasteiger partial charge in [-0.25, -0.2) is 0 Å². The van der Waals surface area contributed by atoms with Gasteiger partial charge in [-0.15, -0.1) is 0 Å². The van der Waals surface area contributed by atoms with Crippen molar-refractivity contribution in [3.8, 4) is 0 Å². The number of ether oxygens (including phenoxy) is 1. The van der Waals surface area contributed by atoms with Crippen LogP contribution < -0.4 is 5.32 Å². The van der Waals surface area contributed by atoms with Gasteiger partial charge in [-0.1, -0.05) is 28.1 Å². The van der Waals surface area contributed by atoms with Crippen LogP contribution in [0.15, 0.2) is 28.7 Å². The summed E-state index contributed by atoms with van der Waals surface area (Å²) in [7, 11) is 1.46. The largest absolute Gasteiger partial charge is 0.469 e. The highest BCUT2D eigenvalue weighted by Crippen LogP contribution is 2.38. The molecule has 0 aliphatic carbocycles. The molecule has 1 fully saturated rings. The fourth-order valence-electron chi connectivity index (χ4n) is 2.84. The molecular weight excluding hydrogens is 306 g/mol. The Balaban J connectivity index is 2.18. The number of piperidine rings is 1. The number of carbonyl (C=O) groups excluding carboxylic acids is 1. The molecule has 1 N–H and O–H groups in total. The van der Waals surface area contributed by atoms with Gasteiger partial charge in [0.1, 0.15) is 0 Å². The highest BCUT2D eigenvalue weighted by molar-refractivity contribution is 9.10. The predicted octanol–water partition coefficient (Wildman–Crippen LogP) is 3.02. The molecule has 1 aliphatic rings. The highest BCUT2D eigenvalue weighted by Gasteiger charge is 2.34. The first-order chi connectivity index (χ1) is 9.16. The SMILES string of the molecule is COC(=O)CCC1(c2ccc(Br)cc2)CCNCC1. The van der Waals surface area contributed by atoms with Crippen LogP contribution in [0, 0.1) is 0 Å². The monoisotopic (exact) mass is 325 g/mol. The Kier molecular flexibility index (Phi) is 4.99. The topological polar surface area (TPSA) is 38.3 Å². The smallest absolute Gasteiger partial charge is 0.305 e. The number of benzene rings is 1. The van der Waals surface area contributed by atoms with Crippen molar-refractivity contribution in [1.82, 2.24) is 5.32 Å². The maximum atomic E-state index is 11.4. The zero-order valence-electron chi connectivity index (χ0n) is 11.2. The van der Waals surface area contributed by atoms with Crippen LogP contribution in [-0.2, 0) is 14.9 Å². The molecule has 0 amide bonds. The molecule has 4 heteroatoms. The van der Waals surface area contributed by atoms with E-state index >= 15 is 0 Å². The summed E-state index contributed by atoms with van der Waals surface area (Å²) in [5.74, 6) is -0.116. The number of esters is 1. The lowest BCUT2D eigenvalue weighted by molar-refractivity contribution is -0.141. The molecule has 1 heterocycles. The average molecular weight is 326 g/mol. The summed E-state index contributed by atoms with van der Waals surface area (Å²) >= 11 is 3.47. The summed E-state index contributed by atoms with van der Waals surface area (Å²) in [5, 5.41) is 3.40. The highest BCUT2D eigenvalue weighted by atomic mass is 79.9. The summed E-state index contributed by atoms with van der Waals surface area (Å²) in [6.45, 7) is 2.02. The van der Waals surface area contributed by atoms with Gasteiger partial charge in [-0.05, 0) is 55.5 Å². The van der Waals surface area contributed by atoms with Crippen LogP contribution in [-0.4, -0.2) is 26.2 Å². The molecule has 1 aromatic carbocycles. The molecule has 19 heavy (non-hydrogen) atoms. The molecule has 0 saturated carbocycles. The third-order valence-electron chi connectivity index (χ3n) is 4.05. The Morgan fingerprint density at radius 3 is 2.53 bits per heavy atom. The van der Waals surface area contributed by atoms with Crippen molar-refractivity contribution in [2.24, 2.45) is 0 Å². The minimum absolute atomic E-state index is 0.111. The molecule has 0 unspecified atom stereocenters. The first kappa shape index (κ1) is 14.5. The quantitative estimate of drug-likeness (QED) is 0.865. The molecule has 104 valence electrons. The van der Waals surface area contributed by atoms with Crippen LogP contribution >= 0.6 is 15.9 Å². The summed E-state index contributed by atoms with van der Waals surface area (Å²) in [5.41, 5.74) is 1.45. The number of halogens is 1. The van der Waals surface area contributed by atoms with E-state index in [2.05, 4.69) is 45.5 Å². The molecule has 2 rings (SSSR count). The van der Waals surface area contributed by atoms with Gasteiger partial charge in [-0.3, -0.25) is 4.79 Å².